The summed E-state index contributed by atoms with van der Waals surface area (Å²) in [5, 5.41) is 7.35. The molecule has 1 aliphatic rings. The van der Waals surface area contributed by atoms with Crippen molar-refractivity contribution < 1.29 is 27.5 Å². The smallest absolute Gasteiger partial charge is 0.383 e. The number of amides is 2. The van der Waals surface area contributed by atoms with Gasteiger partial charge in [-0.1, -0.05) is 6.07 Å². The molecular formula is C19H21F3N4O3S. The SMILES string of the molecule is COCCNC(=O)C1CCCN1C(=O)c1csc(Nc2cccc(C(F)(F)F)c2)n1. The van der Waals surface area contributed by atoms with E-state index in [1.54, 1.807) is 0 Å². The van der Waals surface area contributed by atoms with Crippen molar-refractivity contribution in [3.63, 3.8) is 0 Å². The van der Waals surface area contributed by atoms with Crippen LogP contribution in [0.25, 0.3) is 0 Å². The molecule has 0 radical (unpaired) electrons. The van der Waals surface area contributed by atoms with Crippen molar-refractivity contribution in [3.05, 3.63) is 40.9 Å². The lowest BCUT2D eigenvalue weighted by atomic mass is 10.2. The number of methoxy groups -OCH3 is 1. The van der Waals surface area contributed by atoms with Crippen LogP contribution >= 0.6 is 11.3 Å². The van der Waals surface area contributed by atoms with Gasteiger partial charge in [-0.25, -0.2) is 4.98 Å². The van der Waals surface area contributed by atoms with Gasteiger partial charge in [0.15, 0.2) is 5.13 Å². The molecule has 1 aromatic heterocycles. The fourth-order valence-electron chi connectivity index (χ4n) is 3.15. The molecule has 2 amide bonds. The van der Waals surface area contributed by atoms with Crippen LogP contribution in [0, 0.1) is 0 Å². The summed E-state index contributed by atoms with van der Waals surface area (Å²) >= 11 is 1.10. The molecule has 0 saturated carbocycles. The van der Waals surface area contributed by atoms with Crippen LogP contribution in [0.1, 0.15) is 28.9 Å². The lowest BCUT2D eigenvalue weighted by Crippen LogP contribution is -2.46. The van der Waals surface area contributed by atoms with Crippen molar-refractivity contribution in [1.82, 2.24) is 15.2 Å². The lowest BCUT2D eigenvalue weighted by molar-refractivity contribution is -0.137. The Bertz CT molecular complexity index is 903. The Morgan fingerprint density at radius 2 is 2.17 bits per heavy atom. The Kier molecular flexibility index (Phi) is 6.93. The van der Waals surface area contributed by atoms with Crippen molar-refractivity contribution in [2.24, 2.45) is 0 Å². The molecule has 11 heteroatoms. The largest absolute Gasteiger partial charge is 0.416 e. The molecule has 1 saturated heterocycles. The Balaban J connectivity index is 1.67. The second kappa shape index (κ2) is 9.43. The average Bonchev–Trinajstić information content (AvgIpc) is 3.37. The van der Waals surface area contributed by atoms with E-state index in [2.05, 4.69) is 15.6 Å². The standard InChI is InChI=1S/C19H21F3N4O3S/c1-29-9-7-23-16(27)15-6-3-8-26(15)17(28)14-11-30-18(25-14)24-13-5-2-4-12(10-13)19(20,21)22/h2,4-5,10-11,15H,3,6-9H2,1H3,(H,23,27)(H,24,25). The number of rotatable bonds is 7. The Hall–Kier alpha value is -2.66. The summed E-state index contributed by atoms with van der Waals surface area (Å²) in [6.45, 7) is 1.17. The van der Waals surface area contributed by atoms with E-state index in [1.807, 2.05) is 0 Å². The molecule has 162 valence electrons. The Morgan fingerprint density at radius 1 is 1.37 bits per heavy atom. The number of carbonyl (C=O) groups is 2. The predicted molar refractivity (Wildman–Crippen MR) is 106 cm³/mol. The quantitative estimate of drug-likeness (QED) is 0.643. The van der Waals surface area contributed by atoms with Gasteiger partial charge in [-0.2, -0.15) is 13.2 Å². The highest BCUT2D eigenvalue weighted by Gasteiger charge is 2.35. The van der Waals surface area contributed by atoms with Gasteiger partial charge in [0.25, 0.3) is 5.91 Å². The van der Waals surface area contributed by atoms with Gasteiger partial charge in [0.05, 0.1) is 12.2 Å². The van der Waals surface area contributed by atoms with E-state index in [0.717, 1.165) is 23.5 Å². The number of ether oxygens (including phenoxy) is 1. The first-order valence-electron chi connectivity index (χ1n) is 9.27. The number of anilines is 2. The molecule has 1 aliphatic heterocycles. The summed E-state index contributed by atoms with van der Waals surface area (Å²) in [4.78, 5) is 30.8. The van der Waals surface area contributed by atoms with Crippen LogP contribution in [0.4, 0.5) is 24.0 Å². The first-order chi connectivity index (χ1) is 14.3. The zero-order valence-corrected chi connectivity index (χ0v) is 17.0. The minimum absolute atomic E-state index is 0.145. The van der Waals surface area contributed by atoms with Crippen LogP contribution in [-0.2, 0) is 15.7 Å². The summed E-state index contributed by atoms with van der Waals surface area (Å²) in [5.41, 5.74) is -0.416. The molecule has 2 aromatic rings. The second-order valence-corrected chi connectivity index (χ2v) is 7.54. The molecular weight excluding hydrogens is 421 g/mol. The summed E-state index contributed by atoms with van der Waals surface area (Å²) in [5.74, 6) is -0.622. The summed E-state index contributed by atoms with van der Waals surface area (Å²) in [7, 11) is 1.53. The number of alkyl halides is 3. The van der Waals surface area contributed by atoms with Crippen molar-refractivity contribution in [3.8, 4) is 0 Å². The zero-order valence-electron chi connectivity index (χ0n) is 16.2. The van der Waals surface area contributed by atoms with E-state index in [4.69, 9.17) is 4.74 Å². The van der Waals surface area contributed by atoms with Gasteiger partial charge in [-0.05, 0) is 31.0 Å². The number of hydrogen-bond acceptors (Lipinski definition) is 6. The van der Waals surface area contributed by atoms with Gasteiger partial charge >= 0.3 is 6.18 Å². The van der Waals surface area contributed by atoms with Gasteiger partial charge in [0, 0.05) is 31.3 Å². The molecule has 1 fully saturated rings. The van der Waals surface area contributed by atoms with Crippen LogP contribution < -0.4 is 10.6 Å². The van der Waals surface area contributed by atoms with Gasteiger partial charge < -0.3 is 20.3 Å². The van der Waals surface area contributed by atoms with Crippen molar-refractivity contribution in [2.45, 2.75) is 25.1 Å². The lowest BCUT2D eigenvalue weighted by Gasteiger charge is -2.23. The number of benzene rings is 1. The van der Waals surface area contributed by atoms with Crippen LogP contribution in [-0.4, -0.2) is 54.5 Å². The first-order valence-corrected chi connectivity index (χ1v) is 10.1. The van der Waals surface area contributed by atoms with Crippen molar-refractivity contribution in [2.75, 3.05) is 32.1 Å². The average molecular weight is 442 g/mol. The number of nitrogens with zero attached hydrogens (tertiary/aromatic N) is 2. The number of aromatic nitrogens is 1. The second-order valence-electron chi connectivity index (χ2n) is 6.68. The summed E-state index contributed by atoms with van der Waals surface area (Å²) in [6.07, 6.45) is -3.19. The van der Waals surface area contributed by atoms with Gasteiger partial charge in [-0.3, -0.25) is 9.59 Å². The van der Waals surface area contributed by atoms with Crippen LogP contribution in [0.2, 0.25) is 0 Å². The third kappa shape index (κ3) is 5.28. The molecule has 3 rings (SSSR count). The fraction of sp³-hybridized carbons (Fsp3) is 0.421. The van der Waals surface area contributed by atoms with E-state index in [0.29, 0.717) is 32.5 Å². The van der Waals surface area contributed by atoms with Gasteiger partial charge in [0.2, 0.25) is 5.91 Å². The van der Waals surface area contributed by atoms with E-state index in [9.17, 15) is 22.8 Å². The number of nitrogens with one attached hydrogen (secondary N) is 2. The summed E-state index contributed by atoms with van der Waals surface area (Å²) in [6, 6.07) is 4.16. The molecule has 1 aromatic carbocycles. The van der Waals surface area contributed by atoms with E-state index in [-0.39, 0.29) is 28.3 Å². The third-order valence-corrected chi connectivity index (χ3v) is 5.34. The third-order valence-electron chi connectivity index (χ3n) is 4.59. The van der Waals surface area contributed by atoms with Gasteiger partial charge in [0.1, 0.15) is 11.7 Å². The van der Waals surface area contributed by atoms with E-state index >= 15 is 0 Å². The Morgan fingerprint density at radius 3 is 2.90 bits per heavy atom. The summed E-state index contributed by atoms with van der Waals surface area (Å²) < 4.78 is 43.5. The van der Waals surface area contributed by atoms with Crippen molar-refractivity contribution >= 4 is 34.0 Å². The zero-order chi connectivity index (χ0) is 21.7. The molecule has 0 spiro atoms. The molecule has 2 N–H and O–H groups in total. The van der Waals surface area contributed by atoms with Crippen LogP contribution in [0.15, 0.2) is 29.6 Å². The Labute approximate surface area is 175 Å². The number of hydrogen-bond donors (Lipinski definition) is 2. The minimum atomic E-state index is -4.45. The number of halogens is 3. The van der Waals surface area contributed by atoms with E-state index < -0.39 is 17.8 Å². The van der Waals surface area contributed by atoms with E-state index in [1.165, 1.54) is 29.5 Å². The minimum Gasteiger partial charge on any atom is -0.383 e. The normalized spacial score (nSPS) is 16.5. The highest BCUT2D eigenvalue weighted by Crippen LogP contribution is 2.32. The molecule has 0 bridgehead atoms. The van der Waals surface area contributed by atoms with Crippen LogP contribution in [0.3, 0.4) is 0 Å². The number of likely N-dealkylation sites (tertiary alicyclic amines) is 1. The van der Waals surface area contributed by atoms with Gasteiger partial charge in [-0.15, -0.1) is 11.3 Å². The maximum Gasteiger partial charge on any atom is 0.416 e. The van der Waals surface area contributed by atoms with Crippen LogP contribution in [0.5, 0.6) is 0 Å². The maximum absolute atomic E-state index is 12.9. The molecule has 0 aliphatic carbocycles. The first kappa shape index (κ1) is 22.0. The molecule has 1 unspecified atom stereocenters. The fourth-order valence-corrected chi connectivity index (χ4v) is 3.85. The monoisotopic (exact) mass is 442 g/mol. The number of thiazole rings is 1. The maximum atomic E-state index is 12.9. The van der Waals surface area contributed by atoms with Crippen molar-refractivity contribution in [1.29, 1.82) is 0 Å². The number of carbonyl (C=O) groups excluding carboxylic acids is 2. The topological polar surface area (TPSA) is 83.6 Å². The molecule has 7 nitrogen and oxygen atoms in total. The highest BCUT2D eigenvalue weighted by molar-refractivity contribution is 7.14. The highest BCUT2D eigenvalue weighted by atomic mass is 32.1. The predicted octanol–water partition coefficient (Wildman–Crippen LogP) is 3.27. The molecule has 30 heavy (non-hydrogen) atoms. The molecule has 1 atom stereocenters. The molecule has 2 heterocycles.